The quantitative estimate of drug-likeness (QED) is 0.857. The summed E-state index contributed by atoms with van der Waals surface area (Å²) in [6.07, 6.45) is -2.32. The second-order valence-corrected chi connectivity index (χ2v) is 3.85. The topological polar surface area (TPSA) is 73.6 Å². The van der Waals surface area contributed by atoms with E-state index in [1.54, 1.807) is 0 Å². The highest BCUT2D eigenvalue weighted by Gasteiger charge is 2.23. The molecule has 0 aliphatic carbocycles. The monoisotopic (exact) mass is 262 g/mol. The summed E-state index contributed by atoms with van der Waals surface area (Å²) in [7, 11) is 0. The molecule has 0 aromatic carbocycles. The number of rotatable bonds is 5. The zero-order valence-corrected chi connectivity index (χ0v) is 9.38. The molecule has 2 heterocycles. The van der Waals surface area contributed by atoms with Crippen molar-refractivity contribution in [1.29, 1.82) is 0 Å². The maximum Gasteiger partial charge on any atom is 0.356 e. The van der Waals surface area contributed by atoms with Crippen LogP contribution in [-0.4, -0.2) is 46.6 Å². The van der Waals surface area contributed by atoms with Crippen molar-refractivity contribution >= 4 is 5.97 Å². The van der Waals surface area contributed by atoms with Crippen molar-refractivity contribution in [1.82, 2.24) is 9.78 Å². The van der Waals surface area contributed by atoms with Gasteiger partial charge in [0.25, 0.3) is 6.43 Å². The van der Waals surface area contributed by atoms with Gasteiger partial charge in [0.1, 0.15) is 12.7 Å². The number of aromatic carboxylic acids is 1. The van der Waals surface area contributed by atoms with Crippen LogP contribution in [0.3, 0.4) is 0 Å². The molecule has 0 spiro atoms. The van der Waals surface area contributed by atoms with Gasteiger partial charge in [-0.05, 0) is 0 Å². The molecule has 0 radical (unpaired) electrons. The molecule has 100 valence electrons. The van der Waals surface area contributed by atoms with Crippen LogP contribution in [-0.2, 0) is 11.3 Å². The van der Waals surface area contributed by atoms with Crippen LogP contribution in [0.5, 0.6) is 5.88 Å². The van der Waals surface area contributed by atoms with Crippen molar-refractivity contribution in [2.45, 2.75) is 25.5 Å². The van der Waals surface area contributed by atoms with Crippen molar-refractivity contribution in [3.05, 3.63) is 11.8 Å². The second-order valence-electron chi connectivity index (χ2n) is 3.85. The maximum atomic E-state index is 11.9. The van der Waals surface area contributed by atoms with Crippen LogP contribution in [0.4, 0.5) is 8.78 Å². The van der Waals surface area contributed by atoms with Gasteiger partial charge in [0.2, 0.25) is 5.88 Å². The van der Waals surface area contributed by atoms with E-state index in [1.165, 1.54) is 10.7 Å². The molecule has 0 fully saturated rings. The van der Waals surface area contributed by atoms with Gasteiger partial charge in [-0.15, -0.1) is 0 Å². The van der Waals surface area contributed by atoms with Crippen molar-refractivity contribution in [3.63, 3.8) is 0 Å². The Kier molecular flexibility index (Phi) is 3.75. The van der Waals surface area contributed by atoms with Gasteiger partial charge >= 0.3 is 5.97 Å². The van der Waals surface area contributed by atoms with E-state index in [0.29, 0.717) is 18.8 Å². The number of hydrogen-bond acceptors (Lipinski definition) is 4. The molecule has 18 heavy (non-hydrogen) atoms. The maximum absolute atomic E-state index is 11.9. The van der Waals surface area contributed by atoms with Gasteiger partial charge in [-0.25, -0.2) is 18.3 Å². The van der Waals surface area contributed by atoms with Crippen LogP contribution in [0.1, 0.15) is 16.9 Å². The zero-order valence-electron chi connectivity index (χ0n) is 9.38. The summed E-state index contributed by atoms with van der Waals surface area (Å²) in [6, 6.07) is 1.31. The van der Waals surface area contributed by atoms with E-state index >= 15 is 0 Å². The molecule has 0 saturated carbocycles. The Morgan fingerprint density at radius 1 is 1.72 bits per heavy atom. The largest absolute Gasteiger partial charge is 0.476 e. The van der Waals surface area contributed by atoms with E-state index in [-0.39, 0.29) is 18.4 Å². The molecule has 0 amide bonds. The second kappa shape index (κ2) is 5.30. The number of ether oxygens (including phenoxy) is 2. The van der Waals surface area contributed by atoms with Crippen LogP contribution >= 0.6 is 0 Å². The third-order valence-corrected chi connectivity index (χ3v) is 2.46. The number of carboxylic acids is 1. The molecule has 1 N–H and O–H groups in total. The summed E-state index contributed by atoms with van der Waals surface area (Å²) in [5, 5.41) is 12.6. The third-order valence-electron chi connectivity index (χ3n) is 2.46. The molecule has 1 atom stereocenters. The minimum atomic E-state index is -2.50. The first kappa shape index (κ1) is 12.7. The van der Waals surface area contributed by atoms with Crippen LogP contribution in [0.25, 0.3) is 0 Å². The van der Waals surface area contributed by atoms with E-state index < -0.39 is 19.0 Å². The fraction of sp³-hybridized carbons (Fsp3) is 0.600. The molecule has 2 rings (SSSR count). The van der Waals surface area contributed by atoms with Gasteiger partial charge in [-0.1, -0.05) is 0 Å². The fourth-order valence-corrected chi connectivity index (χ4v) is 1.66. The minimum absolute atomic E-state index is 0.0535. The molecule has 0 bridgehead atoms. The summed E-state index contributed by atoms with van der Waals surface area (Å²) in [6.45, 7) is -0.0945. The minimum Gasteiger partial charge on any atom is -0.476 e. The highest BCUT2D eigenvalue weighted by molar-refractivity contribution is 5.85. The number of carboxylic acid groups (broad SMARTS) is 1. The lowest BCUT2D eigenvalue weighted by molar-refractivity contribution is -0.0234. The van der Waals surface area contributed by atoms with Crippen molar-refractivity contribution in [2.75, 3.05) is 13.2 Å². The molecule has 0 saturated heterocycles. The summed E-state index contributed by atoms with van der Waals surface area (Å²) < 4.78 is 35.4. The first-order chi connectivity index (χ1) is 8.56. The molecular formula is C10H12F2N2O4. The van der Waals surface area contributed by atoms with E-state index in [9.17, 15) is 13.6 Å². The highest BCUT2D eigenvalue weighted by atomic mass is 19.3. The standard InChI is InChI=1S/C10H12F2N2O4/c11-8(12)5-17-4-6-1-2-14-9(18-6)3-7(13-14)10(15)16/h3,6,8H,1-2,4-5H2,(H,15,16). The number of hydrogen-bond donors (Lipinski definition) is 1. The molecule has 1 aromatic heterocycles. The van der Waals surface area contributed by atoms with Crippen molar-refractivity contribution in [3.8, 4) is 5.88 Å². The summed E-state index contributed by atoms with van der Waals surface area (Å²) in [5.74, 6) is -0.810. The van der Waals surface area contributed by atoms with Gasteiger partial charge in [0.05, 0.1) is 6.61 Å². The van der Waals surface area contributed by atoms with Gasteiger partial charge < -0.3 is 14.6 Å². The summed E-state index contributed by atoms with van der Waals surface area (Å²) in [5.41, 5.74) is -0.0980. The van der Waals surface area contributed by atoms with E-state index in [4.69, 9.17) is 14.6 Å². The van der Waals surface area contributed by atoms with Gasteiger partial charge in [0, 0.05) is 19.0 Å². The Balaban J connectivity index is 1.91. The lowest BCUT2D eigenvalue weighted by Crippen LogP contribution is -2.31. The highest BCUT2D eigenvalue weighted by Crippen LogP contribution is 2.22. The fourth-order valence-electron chi connectivity index (χ4n) is 1.66. The van der Waals surface area contributed by atoms with Gasteiger partial charge in [-0.3, -0.25) is 0 Å². The number of nitrogens with zero attached hydrogens (tertiary/aromatic N) is 2. The first-order valence-electron chi connectivity index (χ1n) is 5.40. The van der Waals surface area contributed by atoms with Crippen LogP contribution in [0.2, 0.25) is 0 Å². The van der Waals surface area contributed by atoms with Crippen molar-refractivity contribution < 1.29 is 28.2 Å². The summed E-state index contributed by atoms with van der Waals surface area (Å²) >= 11 is 0. The van der Waals surface area contributed by atoms with E-state index in [2.05, 4.69) is 5.10 Å². The number of alkyl halides is 2. The van der Waals surface area contributed by atoms with Crippen LogP contribution in [0.15, 0.2) is 6.07 Å². The van der Waals surface area contributed by atoms with Gasteiger partial charge in [0.15, 0.2) is 5.69 Å². The van der Waals surface area contributed by atoms with E-state index in [1.807, 2.05) is 0 Å². The molecule has 1 aliphatic rings. The predicted molar refractivity (Wildman–Crippen MR) is 55.0 cm³/mol. The average molecular weight is 262 g/mol. The first-order valence-corrected chi connectivity index (χ1v) is 5.40. The number of aromatic nitrogens is 2. The predicted octanol–water partition coefficient (Wildman–Crippen LogP) is 1.01. The van der Waals surface area contributed by atoms with Crippen molar-refractivity contribution in [2.24, 2.45) is 0 Å². The van der Waals surface area contributed by atoms with Crippen LogP contribution < -0.4 is 4.74 Å². The lowest BCUT2D eigenvalue weighted by atomic mass is 10.2. The lowest BCUT2D eigenvalue weighted by Gasteiger charge is -2.24. The van der Waals surface area contributed by atoms with Gasteiger partial charge in [-0.2, -0.15) is 5.10 Å². The number of aryl methyl sites for hydroxylation is 1. The molecular weight excluding hydrogens is 250 g/mol. The normalized spacial score (nSPS) is 18.5. The average Bonchev–Trinajstić information content (AvgIpc) is 2.71. The van der Waals surface area contributed by atoms with E-state index in [0.717, 1.165) is 0 Å². The Morgan fingerprint density at radius 2 is 2.50 bits per heavy atom. The Bertz CT molecular complexity index is 436. The Labute approximate surface area is 101 Å². The number of halogens is 2. The van der Waals surface area contributed by atoms with Crippen LogP contribution in [0, 0.1) is 0 Å². The number of fused-ring (bicyclic) bond motifs is 1. The third kappa shape index (κ3) is 2.95. The Hall–Kier alpha value is -1.70. The molecule has 1 aliphatic heterocycles. The SMILES string of the molecule is O=C(O)c1cc2n(n1)CCC(COCC(F)F)O2. The molecule has 1 unspecified atom stereocenters. The number of carbonyl (C=O) groups is 1. The summed E-state index contributed by atoms with van der Waals surface area (Å²) in [4.78, 5) is 10.7. The zero-order chi connectivity index (χ0) is 13.1. The Morgan fingerprint density at radius 3 is 3.17 bits per heavy atom. The smallest absolute Gasteiger partial charge is 0.356 e. The molecule has 8 heteroatoms. The molecule has 6 nitrogen and oxygen atoms in total. The molecule has 1 aromatic rings.